The SMILES string of the molecule is CCCCC(NCCCn1ccnn1)c1ccc(F)cc1. The third-order valence-corrected chi connectivity index (χ3v) is 3.55. The average molecular weight is 290 g/mol. The molecule has 1 aromatic carbocycles. The van der Waals surface area contributed by atoms with Crippen LogP contribution in [0.25, 0.3) is 0 Å². The third-order valence-electron chi connectivity index (χ3n) is 3.55. The number of halogens is 1. The van der Waals surface area contributed by atoms with E-state index in [2.05, 4.69) is 22.6 Å². The van der Waals surface area contributed by atoms with E-state index in [0.29, 0.717) is 6.04 Å². The number of benzene rings is 1. The fraction of sp³-hybridized carbons (Fsp3) is 0.500. The van der Waals surface area contributed by atoms with Crippen molar-refractivity contribution in [2.75, 3.05) is 6.54 Å². The zero-order valence-electron chi connectivity index (χ0n) is 12.5. The normalized spacial score (nSPS) is 12.5. The Hall–Kier alpha value is -1.75. The Bertz CT molecular complexity index is 496. The maximum Gasteiger partial charge on any atom is 0.123 e. The van der Waals surface area contributed by atoms with Crippen LogP contribution in [0.1, 0.15) is 44.2 Å². The van der Waals surface area contributed by atoms with Crippen molar-refractivity contribution in [1.29, 1.82) is 0 Å². The Balaban J connectivity index is 1.82. The van der Waals surface area contributed by atoms with Gasteiger partial charge in [0, 0.05) is 18.8 Å². The molecular weight excluding hydrogens is 267 g/mol. The topological polar surface area (TPSA) is 42.7 Å². The van der Waals surface area contributed by atoms with Crippen LogP contribution in [0.2, 0.25) is 0 Å². The van der Waals surface area contributed by atoms with Crippen LogP contribution in [0.15, 0.2) is 36.7 Å². The minimum atomic E-state index is -0.181. The van der Waals surface area contributed by atoms with Crippen molar-refractivity contribution in [2.24, 2.45) is 0 Å². The first-order valence-electron chi connectivity index (χ1n) is 7.62. The molecule has 114 valence electrons. The van der Waals surface area contributed by atoms with Gasteiger partial charge in [0.25, 0.3) is 0 Å². The molecule has 0 bridgehead atoms. The maximum atomic E-state index is 13.0. The minimum Gasteiger partial charge on any atom is -0.310 e. The van der Waals surface area contributed by atoms with E-state index in [1.165, 1.54) is 18.6 Å². The summed E-state index contributed by atoms with van der Waals surface area (Å²) in [7, 11) is 0. The van der Waals surface area contributed by atoms with Gasteiger partial charge in [-0.25, -0.2) is 4.39 Å². The predicted molar refractivity (Wildman–Crippen MR) is 81.3 cm³/mol. The van der Waals surface area contributed by atoms with Crippen molar-refractivity contribution in [3.05, 3.63) is 48.0 Å². The van der Waals surface area contributed by atoms with Gasteiger partial charge < -0.3 is 5.32 Å². The molecule has 21 heavy (non-hydrogen) atoms. The summed E-state index contributed by atoms with van der Waals surface area (Å²) < 4.78 is 14.9. The first kappa shape index (κ1) is 15.6. The van der Waals surface area contributed by atoms with Gasteiger partial charge in [-0.15, -0.1) is 5.10 Å². The molecule has 0 amide bonds. The molecule has 0 fully saturated rings. The van der Waals surface area contributed by atoms with E-state index in [9.17, 15) is 4.39 Å². The standard InChI is InChI=1S/C16H23FN4/c1-2-3-5-16(14-6-8-15(17)9-7-14)18-10-4-12-21-13-11-19-20-21/h6-9,11,13,16,18H,2-5,10,12H2,1H3. The summed E-state index contributed by atoms with van der Waals surface area (Å²) >= 11 is 0. The molecule has 0 aliphatic heterocycles. The number of hydrogen-bond acceptors (Lipinski definition) is 3. The molecule has 1 heterocycles. The van der Waals surface area contributed by atoms with Gasteiger partial charge in [-0.05, 0) is 37.1 Å². The molecule has 1 N–H and O–H groups in total. The first-order chi connectivity index (χ1) is 10.3. The van der Waals surface area contributed by atoms with Crippen LogP contribution in [0.5, 0.6) is 0 Å². The quantitative estimate of drug-likeness (QED) is 0.720. The van der Waals surface area contributed by atoms with Crippen molar-refractivity contribution in [1.82, 2.24) is 20.3 Å². The molecule has 0 saturated heterocycles. The zero-order valence-corrected chi connectivity index (χ0v) is 12.5. The molecule has 2 rings (SSSR count). The number of aromatic nitrogens is 3. The van der Waals surface area contributed by atoms with Crippen molar-refractivity contribution in [3.63, 3.8) is 0 Å². The van der Waals surface area contributed by atoms with Gasteiger partial charge >= 0.3 is 0 Å². The molecule has 0 aliphatic rings. The highest BCUT2D eigenvalue weighted by Crippen LogP contribution is 2.19. The second-order valence-electron chi connectivity index (χ2n) is 5.22. The predicted octanol–water partition coefficient (Wildman–Crippen LogP) is 3.33. The average Bonchev–Trinajstić information content (AvgIpc) is 3.01. The highest BCUT2D eigenvalue weighted by molar-refractivity contribution is 5.19. The van der Waals surface area contributed by atoms with Gasteiger partial charge in [0.15, 0.2) is 0 Å². The Morgan fingerprint density at radius 3 is 2.71 bits per heavy atom. The summed E-state index contributed by atoms with van der Waals surface area (Å²) in [5.74, 6) is -0.181. The van der Waals surface area contributed by atoms with E-state index < -0.39 is 0 Å². The number of aryl methyl sites for hydroxylation is 1. The van der Waals surface area contributed by atoms with Crippen molar-refractivity contribution < 1.29 is 4.39 Å². The molecule has 1 atom stereocenters. The van der Waals surface area contributed by atoms with Crippen LogP contribution in [0.3, 0.4) is 0 Å². The monoisotopic (exact) mass is 290 g/mol. The highest BCUT2D eigenvalue weighted by atomic mass is 19.1. The molecular formula is C16H23FN4. The van der Waals surface area contributed by atoms with E-state index in [1.54, 1.807) is 6.20 Å². The number of nitrogens with zero attached hydrogens (tertiary/aromatic N) is 3. The fourth-order valence-corrected chi connectivity index (χ4v) is 2.36. The van der Waals surface area contributed by atoms with E-state index in [4.69, 9.17) is 0 Å². The van der Waals surface area contributed by atoms with E-state index in [0.717, 1.165) is 37.9 Å². The second kappa shape index (κ2) is 8.52. The van der Waals surface area contributed by atoms with Gasteiger partial charge in [0.2, 0.25) is 0 Å². The number of nitrogens with one attached hydrogen (secondary N) is 1. The summed E-state index contributed by atoms with van der Waals surface area (Å²) in [4.78, 5) is 0. The number of hydrogen-bond donors (Lipinski definition) is 1. The summed E-state index contributed by atoms with van der Waals surface area (Å²) in [6.45, 7) is 3.95. The lowest BCUT2D eigenvalue weighted by Crippen LogP contribution is -2.23. The lowest BCUT2D eigenvalue weighted by Gasteiger charge is -2.19. The van der Waals surface area contributed by atoms with Crippen molar-refractivity contribution in [3.8, 4) is 0 Å². The molecule has 0 aliphatic carbocycles. The molecule has 1 aromatic heterocycles. The smallest absolute Gasteiger partial charge is 0.123 e. The van der Waals surface area contributed by atoms with E-state index >= 15 is 0 Å². The maximum absolute atomic E-state index is 13.0. The molecule has 0 saturated carbocycles. The summed E-state index contributed by atoms with van der Waals surface area (Å²) in [6.07, 6.45) is 7.96. The van der Waals surface area contributed by atoms with Gasteiger partial charge in [-0.1, -0.05) is 37.1 Å². The van der Waals surface area contributed by atoms with Gasteiger partial charge in [0.05, 0.1) is 6.20 Å². The molecule has 4 nitrogen and oxygen atoms in total. The van der Waals surface area contributed by atoms with Crippen LogP contribution in [-0.2, 0) is 6.54 Å². The van der Waals surface area contributed by atoms with Crippen molar-refractivity contribution >= 4 is 0 Å². The Morgan fingerprint density at radius 1 is 1.24 bits per heavy atom. The molecule has 1 unspecified atom stereocenters. The third kappa shape index (κ3) is 5.27. The summed E-state index contributed by atoms with van der Waals surface area (Å²) in [5, 5.41) is 11.3. The number of rotatable bonds is 9. The molecule has 2 aromatic rings. The van der Waals surface area contributed by atoms with E-state index in [-0.39, 0.29) is 5.82 Å². The summed E-state index contributed by atoms with van der Waals surface area (Å²) in [6, 6.07) is 7.11. The summed E-state index contributed by atoms with van der Waals surface area (Å²) in [5.41, 5.74) is 1.16. The van der Waals surface area contributed by atoms with Gasteiger partial charge in [-0.3, -0.25) is 4.68 Å². The first-order valence-corrected chi connectivity index (χ1v) is 7.62. The lowest BCUT2D eigenvalue weighted by molar-refractivity contribution is 0.453. The Morgan fingerprint density at radius 2 is 2.05 bits per heavy atom. The molecule has 0 spiro atoms. The fourth-order valence-electron chi connectivity index (χ4n) is 2.36. The van der Waals surface area contributed by atoms with Crippen LogP contribution >= 0.6 is 0 Å². The van der Waals surface area contributed by atoms with Gasteiger partial charge in [-0.2, -0.15) is 0 Å². The number of unbranched alkanes of at least 4 members (excludes halogenated alkanes) is 1. The Labute approximate surface area is 125 Å². The second-order valence-corrected chi connectivity index (χ2v) is 5.22. The van der Waals surface area contributed by atoms with Crippen LogP contribution in [0.4, 0.5) is 4.39 Å². The zero-order chi connectivity index (χ0) is 14.9. The van der Waals surface area contributed by atoms with Crippen LogP contribution in [0, 0.1) is 5.82 Å². The molecule has 0 radical (unpaired) electrons. The van der Waals surface area contributed by atoms with Crippen molar-refractivity contribution in [2.45, 2.75) is 45.2 Å². The largest absolute Gasteiger partial charge is 0.310 e. The van der Waals surface area contributed by atoms with Crippen LogP contribution in [-0.4, -0.2) is 21.5 Å². The lowest BCUT2D eigenvalue weighted by atomic mass is 10.0. The highest BCUT2D eigenvalue weighted by Gasteiger charge is 2.10. The Kier molecular flexibility index (Phi) is 6.34. The van der Waals surface area contributed by atoms with E-state index in [1.807, 2.05) is 23.0 Å². The van der Waals surface area contributed by atoms with Crippen LogP contribution < -0.4 is 5.32 Å². The minimum absolute atomic E-state index is 0.181. The molecule has 5 heteroatoms. The van der Waals surface area contributed by atoms with Gasteiger partial charge in [0.1, 0.15) is 5.82 Å².